The number of hydrogen-bond donors (Lipinski definition) is 2. The van der Waals surface area contributed by atoms with Crippen molar-refractivity contribution in [3.05, 3.63) is 72.1 Å². The number of pyridine rings is 1. The second-order valence-electron chi connectivity index (χ2n) is 8.26. The Bertz CT molecular complexity index is 1300. The highest BCUT2D eigenvalue weighted by atomic mass is 16.5. The smallest absolute Gasteiger partial charge is 0.255 e. The molecular weight excluding hydrogens is 414 g/mol. The average molecular weight is 442 g/mol. The Kier molecular flexibility index (Phi) is 5.69. The summed E-state index contributed by atoms with van der Waals surface area (Å²) in [7, 11) is 1.65. The minimum atomic E-state index is -0.102. The number of fused-ring (bicyclic) bond motifs is 1. The largest absolute Gasteiger partial charge is 0.496 e. The van der Waals surface area contributed by atoms with Crippen molar-refractivity contribution >= 4 is 22.5 Å². The fourth-order valence-electron chi connectivity index (χ4n) is 3.91. The lowest BCUT2D eigenvalue weighted by molar-refractivity contribution is 0.0951. The summed E-state index contributed by atoms with van der Waals surface area (Å²) in [4.78, 5) is 17.7. The third-order valence-corrected chi connectivity index (χ3v) is 5.90. The van der Waals surface area contributed by atoms with Gasteiger partial charge < -0.3 is 15.4 Å². The summed E-state index contributed by atoms with van der Waals surface area (Å²) < 4.78 is 7.55. The number of hydrogen-bond acceptors (Lipinski definition) is 5. The molecule has 2 heterocycles. The average Bonchev–Trinajstić information content (AvgIpc) is 3.54. The number of benzene rings is 2. The van der Waals surface area contributed by atoms with E-state index in [0.29, 0.717) is 17.9 Å². The SMILES string of the molecule is CCn1ccc(-c2cc3c(NCc4ccccc4)c(C(=O)NC4CC4)cnc3cc2OC)n1. The van der Waals surface area contributed by atoms with Crippen molar-refractivity contribution in [2.24, 2.45) is 0 Å². The van der Waals surface area contributed by atoms with E-state index in [4.69, 9.17) is 4.74 Å². The lowest BCUT2D eigenvalue weighted by atomic mass is 10.0. The quantitative estimate of drug-likeness (QED) is 0.417. The van der Waals surface area contributed by atoms with Crippen LogP contribution in [0, 0.1) is 0 Å². The molecule has 0 spiro atoms. The van der Waals surface area contributed by atoms with Gasteiger partial charge in [-0.05, 0) is 37.5 Å². The molecule has 1 fully saturated rings. The van der Waals surface area contributed by atoms with Gasteiger partial charge in [0, 0.05) is 48.5 Å². The van der Waals surface area contributed by atoms with Gasteiger partial charge in [0.25, 0.3) is 5.91 Å². The molecule has 1 aliphatic rings. The lowest BCUT2D eigenvalue weighted by Crippen LogP contribution is -2.26. The van der Waals surface area contributed by atoms with Gasteiger partial charge in [0.2, 0.25) is 0 Å². The Hall–Kier alpha value is -3.87. The van der Waals surface area contributed by atoms with Gasteiger partial charge in [0.05, 0.1) is 29.6 Å². The monoisotopic (exact) mass is 441 g/mol. The first-order valence-corrected chi connectivity index (χ1v) is 11.3. The maximum atomic E-state index is 13.1. The second-order valence-corrected chi connectivity index (χ2v) is 8.26. The highest BCUT2D eigenvalue weighted by molar-refractivity contribution is 6.08. The number of carbonyl (C=O) groups is 1. The molecule has 0 bridgehead atoms. The van der Waals surface area contributed by atoms with E-state index in [1.165, 1.54) is 0 Å². The molecule has 0 unspecified atom stereocenters. The van der Waals surface area contributed by atoms with Gasteiger partial charge in [0.15, 0.2) is 0 Å². The number of nitrogens with zero attached hydrogens (tertiary/aromatic N) is 3. The van der Waals surface area contributed by atoms with Crippen LogP contribution < -0.4 is 15.4 Å². The minimum Gasteiger partial charge on any atom is -0.496 e. The molecule has 0 saturated heterocycles. The molecule has 2 N–H and O–H groups in total. The van der Waals surface area contributed by atoms with Crippen LogP contribution in [-0.4, -0.2) is 33.8 Å². The van der Waals surface area contributed by atoms with Gasteiger partial charge in [-0.2, -0.15) is 5.10 Å². The number of ether oxygens (including phenoxy) is 1. The molecular formula is C26H27N5O2. The van der Waals surface area contributed by atoms with Crippen LogP contribution in [0.5, 0.6) is 5.75 Å². The zero-order valence-electron chi connectivity index (χ0n) is 18.8. The highest BCUT2D eigenvalue weighted by Gasteiger charge is 2.26. The Morgan fingerprint density at radius 3 is 2.70 bits per heavy atom. The van der Waals surface area contributed by atoms with Crippen LogP contribution in [0.2, 0.25) is 0 Å². The number of anilines is 1. The summed E-state index contributed by atoms with van der Waals surface area (Å²) in [6.45, 7) is 3.43. The van der Waals surface area contributed by atoms with E-state index in [1.54, 1.807) is 13.3 Å². The van der Waals surface area contributed by atoms with E-state index in [1.807, 2.05) is 47.3 Å². The van der Waals surface area contributed by atoms with Gasteiger partial charge in [-0.3, -0.25) is 14.5 Å². The van der Waals surface area contributed by atoms with Gasteiger partial charge in [0.1, 0.15) is 5.75 Å². The standard InChI is InChI=1S/C26H27N5O2/c1-3-31-12-11-22(30-31)19-13-20-23(14-24(19)33-2)27-16-21(26(32)29-18-9-10-18)25(20)28-15-17-7-5-4-6-8-17/h4-8,11-14,16,18H,3,9-10,15H2,1-2H3,(H,27,28)(H,29,32). The van der Waals surface area contributed by atoms with Gasteiger partial charge >= 0.3 is 0 Å². The van der Waals surface area contributed by atoms with E-state index in [2.05, 4.69) is 39.8 Å². The predicted octanol–water partition coefficient (Wildman–Crippen LogP) is 4.63. The molecule has 7 nitrogen and oxygen atoms in total. The molecule has 2 aromatic carbocycles. The number of amides is 1. The number of methoxy groups -OCH3 is 1. The zero-order chi connectivity index (χ0) is 22.8. The Morgan fingerprint density at radius 2 is 2.00 bits per heavy atom. The normalized spacial score (nSPS) is 13.2. The molecule has 0 atom stereocenters. The van der Waals surface area contributed by atoms with Crippen molar-refractivity contribution in [3.63, 3.8) is 0 Å². The van der Waals surface area contributed by atoms with Crippen LogP contribution in [0.4, 0.5) is 5.69 Å². The van der Waals surface area contributed by atoms with Crippen molar-refractivity contribution in [2.75, 3.05) is 12.4 Å². The third-order valence-electron chi connectivity index (χ3n) is 5.90. The van der Waals surface area contributed by atoms with Gasteiger partial charge in [-0.1, -0.05) is 30.3 Å². The van der Waals surface area contributed by atoms with Crippen LogP contribution in [-0.2, 0) is 13.1 Å². The molecule has 5 rings (SSSR count). The third kappa shape index (κ3) is 4.39. The van der Waals surface area contributed by atoms with Crippen molar-refractivity contribution in [1.82, 2.24) is 20.1 Å². The minimum absolute atomic E-state index is 0.102. The number of aryl methyl sites for hydroxylation is 1. The molecule has 1 amide bonds. The second kappa shape index (κ2) is 8.94. The fraction of sp³-hybridized carbons (Fsp3) is 0.269. The number of aromatic nitrogens is 3. The van der Waals surface area contributed by atoms with Gasteiger partial charge in [-0.25, -0.2) is 0 Å². The maximum Gasteiger partial charge on any atom is 0.255 e. The molecule has 7 heteroatoms. The van der Waals surface area contributed by atoms with E-state index in [9.17, 15) is 4.79 Å². The molecule has 33 heavy (non-hydrogen) atoms. The van der Waals surface area contributed by atoms with Crippen molar-refractivity contribution < 1.29 is 9.53 Å². The summed E-state index contributed by atoms with van der Waals surface area (Å²) in [6, 6.07) is 16.3. The summed E-state index contributed by atoms with van der Waals surface area (Å²) >= 11 is 0. The molecule has 0 aliphatic heterocycles. The molecule has 4 aromatic rings. The number of rotatable bonds is 8. The Labute approximate surface area is 192 Å². The van der Waals surface area contributed by atoms with E-state index < -0.39 is 0 Å². The Morgan fingerprint density at radius 1 is 1.18 bits per heavy atom. The summed E-state index contributed by atoms with van der Waals surface area (Å²) in [6.07, 6.45) is 5.66. The van der Waals surface area contributed by atoms with E-state index in [-0.39, 0.29) is 11.9 Å². The first-order chi connectivity index (χ1) is 16.2. The highest BCUT2D eigenvalue weighted by Crippen LogP contribution is 2.37. The zero-order valence-corrected chi connectivity index (χ0v) is 18.8. The van der Waals surface area contributed by atoms with Crippen molar-refractivity contribution in [1.29, 1.82) is 0 Å². The first kappa shape index (κ1) is 21.0. The molecule has 168 valence electrons. The van der Waals surface area contributed by atoms with Crippen molar-refractivity contribution in [3.8, 4) is 17.0 Å². The topological polar surface area (TPSA) is 81.1 Å². The maximum absolute atomic E-state index is 13.1. The summed E-state index contributed by atoms with van der Waals surface area (Å²) in [5.74, 6) is 0.593. The Balaban J connectivity index is 1.63. The number of carbonyl (C=O) groups excluding carboxylic acids is 1. The summed E-state index contributed by atoms with van der Waals surface area (Å²) in [5.41, 5.74) is 4.87. The summed E-state index contributed by atoms with van der Waals surface area (Å²) in [5, 5.41) is 12.1. The van der Waals surface area contributed by atoms with Crippen LogP contribution in [0.15, 0.2) is 60.9 Å². The number of nitrogens with one attached hydrogen (secondary N) is 2. The van der Waals surface area contributed by atoms with Crippen LogP contribution in [0.3, 0.4) is 0 Å². The van der Waals surface area contributed by atoms with Crippen LogP contribution in [0.25, 0.3) is 22.2 Å². The van der Waals surface area contributed by atoms with Crippen LogP contribution in [0.1, 0.15) is 35.7 Å². The molecule has 1 aliphatic carbocycles. The molecule has 2 aromatic heterocycles. The fourth-order valence-corrected chi connectivity index (χ4v) is 3.91. The first-order valence-electron chi connectivity index (χ1n) is 11.3. The van der Waals surface area contributed by atoms with E-state index in [0.717, 1.165) is 52.8 Å². The molecule has 1 saturated carbocycles. The van der Waals surface area contributed by atoms with Crippen molar-refractivity contribution in [2.45, 2.75) is 38.9 Å². The predicted molar refractivity (Wildman–Crippen MR) is 129 cm³/mol. The lowest BCUT2D eigenvalue weighted by Gasteiger charge is -2.17. The van der Waals surface area contributed by atoms with Crippen LogP contribution >= 0.6 is 0 Å². The van der Waals surface area contributed by atoms with Gasteiger partial charge in [-0.15, -0.1) is 0 Å². The van der Waals surface area contributed by atoms with E-state index >= 15 is 0 Å². The molecule has 0 radical (unpaired) electrons.